The molecule has 0 aliphatic rings. The second-order valence-electron chi connectivity index (χ2n) is 4.12. The summed E-state index contributed by atoms with van der Waals surface area (Å²) < 4.78 is 2.03. The van der Waals surface area contributed by atoms with Crippen LogP contribution in [0.2, 0.25) is 5.15 Å². The first-order chi connectivity index (χ1) is 7.63. The molecule has 4 heteroatoms. The second-order valence-corrected chi connectivity index (χ2v) is 4.51. The fraction of sp³-hybridized carbons (Fsp3) is 0.500. The van der Waals surface area contributed by atoms with Crippen molar-refractivity contribution in [1.82, 2.24) is 14.8 Å². The van der Waals surface area contributed by atoms with Crippen molar-refractivity contribution in [3.8, 4) is 0 Å². The predicted molar refractivity (Wildman–Crippen MR) is 66.9 cm³/mol. The Bertz CT molecular complexity index is 516. The molecule has 16 heavy (non-hydrogen) atoms. The van der Waals surface area contributed by atoms with Gasteiger partial charge in [0.05, 0.1) is 0 Å². The van der Waals surface area contributed by atoms with Crippen molar-refractivity contribution in [2.75, 3.05) is 0 Å². The van der Waals surface area contributed by atoms with E-state index in [1.807, 2.05) is 10.7 Å². The Kier molecular flexibility index (Phi) is 3.15. The van der Waals surface area contributed by atoms with Crippen LogP contribution in [0.15, 0.2) is 6.07 Å². The van der Waals surface area contributed by atoms with Crippen molar-refractivity contribution in [3.05, 3.63) is 22.5 Å². The minimum atomic E-state index is 0.519. The summed E-state index contributed by atoms with van der Waals surface area (Å²) in [6.45, 7) is 7.27. The highest BCUT2D eigenvalue weighted by molar-refractivity contribution is 6.29. The molecule has 0 unspecified atom stereocenters. The molecule has 0 aromatic carbocycles. The first-order valence-corrected chi connectivity index (χ1v) is 6.01. The number of rotatable bonds is 3. The van der Waals surface area contributed by atoms with Crippen molar-refractivity contribution < 1.29 is 0 Å². The number of halogens is 1. The van der Waals surface area contributed by atoms with Gasteiger partial charge in [-0.1, -0.05) is 24.9 Å². The standard InChI is InChI=1S/C12H16ClN3/c1-4-5-6-16-9(3)11-8(2)7-10(13)14-12(11)15-16/h7H,4-6H2,1-3H3. The maximum Gasteiger partial charge on any atom is 0.183 e. The number of aromatic nitrogens is 3. The zero-order valence-electron chi connectivity index (χ0n) is 9.92. The zero-order chi connectivity index (χ0) is 11.7. The molecule has 0 saturated carbocycles. The first kappa shape index (κ1) is 11.4. The summed E-state index contributed by atoms with van der Waals surface area (Å²) in [6.07, 6.45) is 2.31. The van der Waals surface area contributed by atoms with Gasteiger partial charge < -0.3 is 0 Å². The minimum Gasteiger partial charge on any atom is -0.267 e. The van der Waals surface area contributed by atoms with Crippen LogP contribution in [-0.4, -0.2) is 14.8 Å². The van der Waals surface area contributed by atoms with Gasteiger partial charge in [-0.15, -0.1) is 0 Å². The van der Waals surface area contributed by atoms with E-state index in [0.717, 1.165) is 29.6 Å². The lowest BCUT2D eigenvalue weighted by Crippen LogP contribution is -2.01. The third-order valence-electron chi connectivity index (χ3n) is 2.85. The van der Waals surface area contributed by atoms with Crippen LogP contribution in [0, 0.1) is 13.8 Å². The molecule has 2 heterocycles. The molecular weight excluding hydrogens is 222 g/mol. The predicted octanol–water partition coefficient (Wildman–Crippen LogP) is 3.50. The molecule has 0 amide bonds. The van der Waals surface area contributed by atoms with Crippen molar-refractivity contribution in [2.45, 2.75) is 40.2 Å². The van der Waals surface area contributed by atoms with Gasteiger partial charge in [0.1, 0.15) is 5.15 Å². The van der Waals surface area contributed by atoms with Gasteiger partial charge in [-0.05, 0) is 31.9 Å². The van der Waals surface area contributed by atoms with E-state index in [0.29, 0.717) is 5.15 Å². The molecule has 0 bridgehead atoms. The number of pyridine rings is 1. The van der Waals surface area contributed by atoms with Crippen molar-refractivity contribution in [1.29, 1.82) is 0 Å². The van der Waals surface area contributed by atoms with E-state index in [1.54, 1.807) is 0 Å². The van der Waals surface area contributed by atoms with E-state index < -0.39 is 0 Å². The monoisotopic (exact) mass is 237 g/mol. The van der Waals surface area contributed by atoms with Crippen molar-refractivity contribution in [2.24, 2.45) is 0 Å². The van der Waals surface area contributed by atoms with E-state index in [-0.39, 0.29) is 0 Å². The van der Waals surface area contributed by atoms with E-state index in [1.165, 1.54) is 12.1 Å². The third kappa shape index (κ3) is 1.92. The molecule has 2 rings (SSSR count). The van der Waals surface area contributed by atoms with Crippen LogP contribution in [0.3, 0.4) is 0 Å². The Balaban J connectivity index is 2.54. The molecule has 0 saturated heterocycles. The maximum absolute atomic E-state index is 5.93. The smallest absolute Gasteiger partial charge is 0.183 e. The largest absolute Gasteiger partial charge is 0.267 e. The highest BCUT2D eigenvalue weighted by Crippen LogP contribution is 2.23. The Hall–Kier alpha value is -1.09. The summed E-state index contributed by atoms with van der Waals surface area (Å²) in [5.74, 6) is 0. The molecule has 0 spiro atoms. The molecule has 86 valence electrons. The second kappa shape index (κ2) is 4.42. The summed E-state index contributed by atoms with van der Waals surface area (Å²) in [4.78, 5) is 4.26. The van der Waals surface area contributed by atoms with Crippen LogP contribution in [0.4, 0.5) is 0 Å². The molecule has 0 atom stereocenters. The number of nitrogens with zero attached hydrogens (tertiary/aromatic N) is 3. The lowest BCUT2D eigenvalue weighted by atomic mass is 10.2. The van der Waals surface area contributed by atoms with Gasteiger partial charge in [-0.3, -0.25) is 4.68 Å². The van der Waals surface area contributed by atoms with Crippen LogP contribution < -0.4 is 0 Å². The number of hydrogen-bond donors (Lipinski definition) is 0. The summed E-state index contributed by atoms with van der Waals surface area (Å²) >= 11 is 5.93. The van der Waals surface area contributed by atoms with Crippen LogP contribution in [0.25, 0.3) is 11.0 Å². The van der Waals surface area contributed by atoms with Crippen LogP contribution >= 0.6 is 11.6 Å². The summed E-state index contributed by atoms with van der Waals surface area (Å²) in [6, 6.07) is 1.89. The molecule has 2 aromatic rings. The normalized spacial score (nSPS) is 11.2. The highest BCUT2D eigenvalue weighted by atomic mass is 35.5. The van der Waals surface area contributed by atoms with Gasteiger partial charge in [0.25, 0.3) is 0 Å². The molecular formula is C12H16ClN3. The van der Waals surface area contributed by atoms with E-state index in [9.17, 15) is 0 Å². The fourth-order valence-electron chi connectivity index (χ4n) is 1.98. The van der Waals surface area contributed by atoms with Gasteiger partial charge in [0.2, 0.25) is 0 Å². The third-order valence-corrected chi connectivity index (χ3v) is 3.05. The Morgan fingerprint density at radius 1 is 1.38 bits per heavy atom. The van der Waals surface area contributed by atoms with E-state index in [2.05, 4.69) is 30.9 Å². The van der Waals surface area contributed by atoms with Gasteiger partial charge >= 0.3 is 0 Å². The molecule has 0 fully saturated rings. The van der Waals surface area contributed by atoms with Crippen LogP contribution in [0.1, 0.15) is 31.0 Å². The number of hydrogen-bond acceptors (Lipinski definition) is 2. The first-order valence-electron chi connectivity index (χ1n) is 5.63. The number of unbranched alkanes of at least 4 members (excludes halogenated alkanes) is 1. The lowest BCUT2D eigenvalue weighted by molar-refractivity contribution is 0.563. The fourth-order valence-corrected chi connectivity index (χ4v) is 2.22. The van der Waals surface area contributed by atoms with Gasteiger partial charge in [-0.25, -0.2) is 4.98 Å². The Morgan fingerprint density at radius 2 is 2.12 bits per heavy atom. The Labute approximate surface area is 100 Å². The molecule has 0 N–H and O–H groups in total. The topological polar surface area (TPSA) is 30.7 Å². The molecule has 2 aromatic heterocycles. The molecule has 0 aliphatic carbocycles. The lowest BCUT2D eigenvalue weighted by Gasteiger charge is -2.02. The van der Waals surface area contributed by atoms with Crippen LogP contribution in [-0.2, 0) is 6.54 Å². The average molecular weight is 238 g/mol. The van der Waals surface area contributed by atoms with Gasteiger partial charge in [0.15, 0.2) is 5.65 Å². The molecule has 0 aliphatic heterocycles. The zero-order valence-corrected chi connectivity index (χ0v) is 10.7. The number of fused-ring (bicyclic) bond motifs is 1. The van der Waals surface area contributed by atoms with E-state index in [4.69, 9.17) is 11.6 Å². The number of aryl methyl sites for hydroxylation is 3. The van der Waals surface area contributed by atoms with Crippen molar-refractivity contribution >= 4 is 22.6 Å². The van der Waals surface area contributed by atoms with Gasteiger partial charge in [0, 0.05) is 17.6 Å². The van der Waals surface area contributed by atoms with Crippen molar-refractivity contribution in [3.63, 3.8) is 0 Å². The quantitative estimate of drug-likeness (QED) is 0.765. The summed E-state index contributed by atoms with van der Waals surface area (Å²) in [5, 5.41) is 6.15. The Morgan fingerprint density at radius 3 is 2.81 bits per heavy atom. The summed E-state index contributed by atoms with van der Waals surface area (Å²) in [5.41, 5.74) is 3.10. The molecule has 0 radical (unpaired) electrons. The highest BCUT2D eigenvalue weighted by Gasteiger charge is 2.11. The van der Waals surface area contributed by atoms with Gasteiger partial charge in [-0.2, -0.15) is 5.10 Å². The van der Waals surface area contributed by atoms with E-state index >= 15 is 0 Å². The van der Waals surface area contributed by atoms with Crippen LogP contribution in [0.5, 0.6) is 0 Å². The SMILES string of the molecule is CCCCn1nc2nc(Cl)cc(C)c2c1C. The maximum atomic E-state index is 5.93. The average Bonchev–Trinajstić information content (AvgIpc) is 2.52. The summed E-state index contributed by atoms with van der Waals surface area (Å²) in [7, 11) is 0. The molecule has 3 nitrogen and oxygen atoms in total. The minimum absolute atomic E-state index is 0.519.